The minimum atomic E-state index is -3.21. The summed E-state index contributed by atoms with van der Waals surface area (Å²) in [6.07, 6.45) is 0.452. The van der Waals surface area contributed by atoms with Crippen molar-refractivity contribution in [3.05, 3.63) is 59.4 Å². The van der Waals surface area contributed by atoms with Crippen LogP contribution in [0.2, 0.25) is 0 Å². The molecule has 0 unspecified atom stereocenters. The minimum absolute atomic E-state index is 0.129. The average molecular weight is 424 g/mol. The fraction of sp³-hybridized carbons (Fsp3) is 0.273. The van der Waals surface area contributed by atoms with Crippen LogP contribution in [0.1, 0.15) is 29.5 Å². The van der Waals surface area contributed by atoms with Gasteiger partial charge in [-0.25, -0.2) is 15.0 Å². The van der Waals surface area contributed by atoms with Crippen molar-refractivity contribution in [3.8, 4) is 23.0 Å². The second-order valence-corrected chi connectivity index (χ2v) is 7.91. The number of ether oxygens (including phenoxy) is 1. The van der Waals surface area contributed by atoms with Crippen molar-refractivity contribution < 1.29 is 23.4 Å². The lowest BCUT2D eigenvalue weighted by Crippen LogP contribution is -2.28. The molecule has 1 amide bonds. The Bertz CT molecular complexity index is 1190. The molecule has 1 aliphatic heterocycles. The number of halogens is 2. The molecule has 1 aromatic carbocycles. The Morgan fingerprint density at radius 3 is 2.61 bits per heavy atom. The van der Waals surface area contributed by atoms with Crippen LogP contribution < -0.4 is 10.1 Å². The Labute approximate surface area is 176 Å². The number of carbonyl (C=O) groups excluding carboxylic acids is 1. The van der Waals surface area contributed by atoms with Crippen LogP contribution in [0.15, 0.2) is 42.7 Å². The molecule has 0 bridgehead atoms. The van der Waals surface area contributed by atoms with E-state index in [0.717, 1.165) is 5.56 Å². The van der Waals surface area contributed by atoms with Gasteiger partial charge in [0.2, 0.25) is 5.91 Å². The largest absolute Gasteiger partial charge is 0.479 e. The third-order valence-corrected chi connectivity index (χ3v) is 5.71. The van der Waals surface area contributed by atoms with E-state index in [4.69, 9.17) is 4.74 Å². The maximum atomic E-state index is 13.5. The van der Waals surface area contributed by atoms with Gasteiger partial charge in [-0.3, -0.25) is 4.79 Å². The van der Waals surface area contributed by atoms with E-state index in [2.05, 4.69) is 20.3 Å². The Morgan fingerprint density at radius 1 is 1.16 bits per heavy atom. The number of aromatic nitrogens is 3. The van der Waals surface area contributed by atoms with Crippen molar-refractivity contribution in [2.45, 2.75) is 37.7 Å². The number of rotatable bonds is 4. The quantitative estimate of drug-likeness (QED) is 0.662. The molecule has 0 spiro atoms. The standard InChI is InChI=1S/C22H18F2N4O3/c1-12-2-5-17(27-18(12)14-10-25-20(30)26-11-14)28-19(29)21(6-7-21)15-4-3-13-9-22(23,24)31-16(13)8-15/h2-5,8,10-11H,6-7,9H2,1H3,(H,25,26,30)(H,27,28,29). The summed E-state index contributed by atoms with van der Waals surface area (Å²) >= 11 is 0. The van der Waals surface area contributed by atoms with Crippen LogP contribution in [0.4, 0.5) is 14.6 Å². The van der Waals surface area contributed by atoms with Crippen molar-refractivity contribution >= 4 is 11.7 Å². The van der Waals surface area contributed by atoms with Crippen LogP contribution in [0.5, 0.6) is 11.8 Å². The van der Waals surface area contributed by atoms with Gasteiger partial charge in [-0.05, 0) is 43.0 Å². The number of hydrogen-bond donors (Lipinski definition) is 2. The number of aryl methyl sites for hydroxylation is 1. The predicted octanol–water partition coefficient (Wildman–Crippen LogP) is 3.75. The fourth-order valence-electron chi connectivity index (χ4n) is 3.85. The first-order valence-electron chi connectivity index (χ1n) is 9.77. The number of alkyl halides is 2. The van der Waals surface area contributed by atoms with Crippen molar-refractivity contribution in [2.75, 3.05) is 5.32 Å². The lowest BCUT2D eigenvalue weighted by atomic mass is 9.93. The van der Waals surface area contributed by atoms with E-state index in [1.165, 1.54) is 12.4 Å². The Kier molecular flexibility index (Phi) is 4.18. The van der Waals surface area contributed by atoms with Gasteiger partial charge in [0.1, 0.15) is 11.6 Å². The topological polar surface area (TPSA) is 97.2 Å². The second kappa shape index (κ2) is 6.69. The SMILES string of the molecule is Cc1ccc(NC(=O)C2(c3ccc4c(c3)OC(F)(F)C4)CC2)nc1-c1cnc(O)nc1. The second-order valence-electron chi connectivity index (χ2n) is 7.91. The van der Waals surface area contributed by atoms with Crippen LogP contribution in [0, 0.1) is 6.92 Å². The molecule has 0 atom stereocenters. The van der Waals surface area contributed by atoms with Crippen LogP contribution >= 0.6 is 0 Å². The van der Waals surface area contributed by atoms with Crippen LogP contribution in [-0.4, -0.2) is 32.1 Å². The van der Waals surface area contributed by atoms with Gasteiger partial charge in [-0.2, -0.15) is 8.78 Å². The zero-order chi connectivity index (χ0) is 21.8. The van der Waals surface area contributed by atoms with E-state index in [1.54, 1.807) is 24.3 Å². The highest BCUT2D eigenvalue weighted by molar-refractivity contribution is 6.01. The highest BCUT2D eigenvalue weighted by Gasteiger charge is 2.52. The molecule has 0 saturated heterocycles. The van der Waals surface area contributed by atoms with Crippen LogP contribution in [0.25, 0.3) is 11.3 Å². The number of hydrogen-bond acceptors (Lipinski definition) is 6. The first-order valence-corrected chi connectivity index (χ1v) is 9.77. The van der Waals surface area contributed by atoms with Gasteiger partial charge in [0, 0.05) is 23.5 Å². The van der Waals surface area contributed by atoms with Gasteiger partial charge in [-0.15, -0.1) is 0 Å². The fourth-order valence-corrected chi connectivity index (χ4v) is 3.85. The highest BCUT2D eigenvalue weighted by atomic mass is 19.3. The maximum Gasteiger partial charge on any atom is 0.402 e. The summed E-state index contributed by atoms with van der Waals surface area (Å²) in [5, 5.41) is 12.1. The Hall–Kier alpha value is -3.62. The third kappa shape index (κ3) is 3.45. The van der Waals surface area contributed by atoms with E-state index in [1.807, 2.05) is 13.0 Å². The summed E-state index contributed by atoms with van der Waals surface area (Å²) in [6, 6.07) is 8.04. The summed E-state index contributed by atoms with van der Waals surface area (Å²) in [5.74, 6) is 0.236. The molecule has 2 N–H and O–H groups in total. The van der Waals surface area contributed by atoms with Crippen LogP contribution in [0.3, 0.4) is 0 Å². The van der Waals surface area contributed by atoms with Gasteiger partial charge in [0.15, 0.2) is 0 Å². The molecule has 3 aromatic rings. The molecule has 1 saturated carbocycles. The number of nitrogens with zero attached hydrogens (tertiary/aromatic N) is 3. The number of fused-ring (bicyclic) bond motifs is 1. The van der Waals surface area contributed by atoms with Crippen molar-refractivity contribution in [3.63, 3.8) is 0 Å². The van der Waals surface area contributed by atoms with E-state index in [9.17, 15) is 18.7 Å². The molecule has 9 heteroatoms. The zero-order valence-corrected chi connectivity index (χ0v) is 16.5. The molecule has 31 heavy (non-hydrogen) atoms. The summed E-state index contributed by atoms with van der Waals surface area (Å²) in [6.45, 7) is 1.86. The first kappa shape index (κ1) is 19.3. The molecule has 7 nitrogen and oxygen atoms in total. The van der Waals surface area contributed by atoms with Gasteiger partial charge in [0.05, 0.1) is 17.5 Å². The molecule has 1 fully saturated rings. The lowest BCUT2D eigenvalue weighted by Gasteiger charge is -2.17. The average Bonchev–Trinajstić information content (AvgIpc) is 3.47. The molecular weight excluding hydrogens is 406 g/mol. The molecule has 2 aromatic heterocycles. The van der Waals surface area contributed by atoms with E-state index in [-0.39, 0.29) is 17.7 Å². The number of nitrogens with one attached hydrogen (secondary N) is 1. The molecule has 5 rings (SSSR count). The number of benzene rings is 1. The van der Waals surface area contributed by atoms with Gasteiger partial charge < -0.3 is 15.2 Å². The van der Waals surface area contributed by atoms with Crippen LogP contribution in [-0.2, 0) is 16.6 Å². The Morgan fingerprint density at radius 2 is 1.90 bits per heavy atom. The van der Waals surface area contributed by atoms with E-state index in [0.29, 0.717) is 41.0 Å². The molecule has 0 radical (unpaired) electrons. The van der Waals surface area contributed by atoms with Gasteiger partial charge in [-0.1, -0.05) is 18.2 Å². The smallest absolute Gasteiger partial charge is 0.402 e. The van der Waals surface area contributed by atoms with Crippen molar-refractivity contribution in [1.29, 1.82) is 0 Å². The molecule has 2 aliphatic rings. The monoisotopic (exact) mass is 424 g/mol. The lowest BCUT2D eigenvalue weighted by molar-refractivity contribution is -0.159. The number of pyridine rings is 1. The number of aromatic hydroxyl groups is 1. The maximum absolute atomic E-state index is 13.5. The van der Waals surface area contributed by atoms with E-state index < -0.39 is 17.9 Å². The molecular formula is C22H18F2N4O3. The van der Waals surface area contributed by atoms with Gasteiger partial charge >= 0.3 is 12.1 Å². The van der Waals surface area contributed by atoms with Crippen molar-refractivity contribution in [2.24, 2.45) is 0 Å². The van der Waals surface area contributed by atoms with Crippen molar-refractivity contribution in [1.82, 2.24) is 15.0 Å². The normalized spacial score (nSPS) is 17.5. The number of carbonyl (C=O) groups is 1. The molecule has 158 valence electrons. The van der Waals surface area contributed by atoms with Gasteiger partial charge in [0.25, 0.3) is 0 Å². The summed E-state index contributed by atoms with van der Waals surface area (Å²) in [5.41, 5.74) is 2.33. The Balaban J connectivity index is 1.40. The minimum Gasteiger partial charge on any atom is -0.479 e. The zero-order valence-electron chi connectivity index (χ0n) is 16.5. The predicted molar refractivity (Wildman–Crippen MR) is 107 cm³/mol. The summed E-state index contributed by atoms with van der Waals surface area (Å²) in [4.78, 5) is 25.1. The number of amides is 1. The number of anilines is 1. The molecule has 3 heterocycles. The summed E-state index contributed by atoms with van der Waals surface area (Å²) in [7, 11) is 0. The summed E-state index contributed by atoms with van der Waals surface area (Å²) < 4.78 is 31.8. The third-order valence-electron chi connectivity index (χ3n) is 5.71. The molecule has 1 aliphatic carbocycles. The highest BCUT2D eigenvalue weighted by Crippen LogP contribution is 2.51. The first-order chi connectivity index (χ1) is 14.8. The van der Waals surface area contributed by atoms with E-state index >= 15 is 0 Å².